The van der Waals surface area contributed by atoms with Gasteiger partial charge in [0, 0.05) is 0 Å². The van der Waals surface area contributed by atoms with Crippen LogP contribution in [-0.4, -0.2) is 29.1 Å². The average molecular weight is 276 g/mol. The van der Waals surface area contributed by atoms with Crippen LogP contribution in [0.25, 0.3) is 0 Å². The highest BCUT2D eigenvalue weighted by atomic mass is 16.4. The van der Waals surface area contributed by atoms with Gasteiger partial charge in [-0.15, -0.1) is 0 Å². The molecule has 0 heterocycles. The Balaban J connectivity index is 2.73. The Kier molecular flexibility index (Phi) is 5.05. The summed E-state index contributed by atoms with van der Waals surface area (Å²) in [6.45, 7) is 0. The summed E-state index contributed by atoms with van der Waals surface area (Å²) < 4.78 is 0. The third-order valence-corrected chi connectivity index (χ3v) is 2.30. The van der Waals surface area contributed by atoms with Gasteiger partial charge in [-0.05, 0) is 12.1 Å². The summed E-state index contributed by atoms with van der Waals surface area (Å²) in [6.07, 6.45) is -0.525. The topological polar surface area (TPSA) is 145 Å². The first-order chi connectivity index (χ1) is 9.43. The van der Waals surface area contributed by atoms with Crippen LogP contribution in [0.1, 0.15) is 12.0 Å². The molecule has 0 saturated heterocycles. The van der Waals surface area contributed by atoms with E-state index in [1.54, 1.807) is 12.1 Å². The van der Waals surface area contributed by atoms with E-state index in [1.807, 2.05) is 6.07 Å². The largest absolute Gasteiger partial charge is 0.480 e. The number of hydrogen-bond donors (Lipinski definition) is 4. The minimum Gasteiger partial charge on any atom is -0.480 e. The van der Waals surface area contributed by atoms with Crippen LogP contribution in [0.3, 0.4) is 0 Å². The molecule has 8 heteroatoms. The van der Waals surface area contributed by atoms with Gasteiger partial charge in [0.2, 0.25) is 5.91 Å². The summed E-state index contributed by atoms with van der Waals surface area (Å²) >= 11 is 0. The predicted molar refractivity (Wildman–Crippen MR) is 68.5 cm³/mol. The first-order valence-electron chi connectivity index (χ1n) is 5.51. The number of para-hydroxylation sites is 1. The van der Waals surface area contributed by atoms with Gasteiger partial charge in [-0.1, -0.05) is 12.1 Å². The van der Waals surface area contributed by atoms with E-state index in [2.05, 4.69) is 10.6 Å². The molecule has 8 nitrogen and oxygen atoms in total. The van der Waals surface area contributed by atoms with Gasteiger partial charge < -0.3 is 21.5 Å². The van der Waals surface area contributed by atoms with Crippen molar-refractivity contribution in [2.45, 2.75) is 12.5 Å². The number of rotatable bonds is 5. The number of carbonyl (C=O) groups excluding carboxylic acids is 2. The lowest BCUT2D eigenvalue weighted by molar-refractivity contribution is -0.140. The van der Waals surface area contributed by atoms with Crippen molar-refractivity contribution in [2.75, 3.05) is 5.32 Å². The fraction of sp³-hybridized carbons (Fsp3) is 0.167. The predicted octanol–water partition coefficient (Wildman–Crippen LogP) is 0.00838. The zero-order chi connectivity index (χ0) is 15.1. The molecular formula is C12H12N4O4. The average Bonchev–Trinajstić information content (AvgIpc) is 2.37. The van der Waals surface area contributed by atoms with Crippen molar-refractivity contribution in [1.82, 2.24) is 5.32 Å². The fourth-order valence-corrected chi connectivity index (χ4v) is 1.41. The number of nitrogens with one attached hydrogen (secondary N) is 2. The van der Waals surface area contributed by atoms with Crippen LogP contribution >= 0.6 is 0 Å². The van der Waals surface area contributed by atoms with Gasteiger partial charge in [-0.2, -0.15) is 5.26 Å². The van der Waals surface area contributed by atoms with E-state index in [1.165, 1.54) is 12.1 Å². The smallest absolute Gasteiger partial charge is 0.326 e. The van der Waals surface area contributed by atoms with E-state index < -0.39 is 30.4 Å². The first kappa shape index (κ1) is 15.0. The zero-order valence-electron chi connectivity index (χ0n) is 10.3. The lowest BCUT2D eigenvalue weighted by Crippen LogP contribution is -2.45. The van der Waals surface area contributed by atoms with Crippen LogP contribution in [0.2, 0.25) is 0 Å². The molecule has 0 aliphatic carbocycles. The Labute approximate surface area is 114 Å². The Morgan fingerprint density at radius 2 is 2.00 bits per heavy atom. The van der Waals surface area contributed by atoms with Crippen molar-refractivity contribution in [2.24, 2.45) is 5.73 Å². The molecular weight excluding hydrogens is 264 g/mol. The number of aliphatic carboxylic acids is 1. The fourth-order valence-electron chi connectivity index (χ4n) is 1.41. The van der Waals surface area contributed by atoms with Crippen LogP contribution in [0.5, 0.6) is 0 Å². The Morgan fingerprint density at radius 3 is 2.55 bits per heavy atom. The number of carboxylic acid groups (broad SMARTS) is 1. The van der Waals surface area contributed by atoms with Crippen LogP contribution in [0, 0.1) is 11.3 Å². The second-order valence-electron chi connectivity index (χ2n) is 3.82. The van der Waals surface area contributed by atoms with E-state index in [4.69, 9.17) is 16.1 Å². The van der Waals surface area contributed by atoms with Crippen LogP contribution in [0.4, 0.5) is 10.5 Å². The SMILES string of the molecule is N#Cc1ccccc1NC(=O)NC(CC(N)=O)C(=O)O. The molecule has 20 heavy (non-hydrogen) atoms. The van der Waals surface area contributed by atoms with E-state index in [-0.39, 0.29) is 11.3 Å². The summed E-state index contributed by atoms with van der Waals surface area (Å²) in [5.41, 5.74) is 5.35. The molecule has 3 amide bonds. The molecule has 0 radical (unpaired) electrons. The maximum absolute atomic E-state index is 11.6. The Morgan fingerprint density at radius 1 is 1.35 bits per heavy atom. The second-order valence-corrected chi connectivity index (χ2v) is 3.82. The molecule has 0 saturated carbocycles. The number of nitrogens with two attached hydrogens (primary N) is 1. The first-order valence-corrected chi connectivity index (χ1v) is 5.51. The number of primary amides is 1. The number of carbonyl (C=O) groups is 3. The van der Waals surface area contributed by atoms with Gasteiger partial charge in [-0.3, -0.25) is 4.79 Å². The quantitative estimate of drug-likeness (QED) is 0.598. The molecule has 0 fully saturated rings. The number of benzene rings is 1. The maximum atomic E-state index is 11.6. The normalized spacial score (nSPS) is 10.9. The molecule has 0 aliphatic heterocycles. The van der Waals surface area contributed by atoms with Crippen molar-refractivity contribution < 1.29 is 19.5 Å². The van der Waals surface area contributed by atoms with Crippen molar-refractivity contribution >= 4 is 23.6 Å². The van der Waals surface area contributed by atoms with E-state index in [0.29, 0.717) is 0 Å². The van der Waals surface area contributed by atoms with Crippen molar-refractivity contribution in [1.29, 1.82) is 5.26 Å². The van der Waals surface area contributed by atoms with E-state index >= 15 is 0 Å². The van der Waals surface area contributed by atoms with Gasteiger partial charge in [-0.25, -0.2) is 9.59 Å². The lowest BCUT2D eigenvalue weighted by Gasteiger charge is -2.14. The number of anilines is 1. The summed E-state index contributed by atoms with van der Waals surface area (Å²) in [7, 11) is 0. The number of urea groups is 1. The molecule has 1 unspecified atom stereocenters. The van der Waals surface area contributed by atoms with Crippen LogP contribution < -0.4 is 16.4 Å². The van der Waals surface area contributed by atoms with Crippen molar-refractivity contribution in [3.63, 3.8) is 0 Å². The molecule has 1 atom stereocenters. The monoisotopic (exact) mass is 276 g/mol. The standard InChI is InChI=1S/C12H12N4O4/c13-6-7-3-1-2-4-8(7)15-12(20)16-9(11(18)19)5-10(14)17/h1-4,9H,5H2,(H2,14,17)(H,18,19)(H2,15,16,20). The molecule has 5 N–H and O–H groups in total. The van der Waals surface area contributed by atoms with Crippen LogP contribution in [-0.2, 0) is 9.59 Å². The van der Waals surface area contributed by atoms with Gasteiger partial charge >= 0.3 is 12.0 Å². The molecule has 1 aromatic carbocycles. The highest BCUT2D eigenvalue weighted by Crippen LogP contribution is 2.13. The highest BCUT2D eigenvalue weighted by Gasteiger charge is 2.22. The minimum atomic E-state index is -1.43. The second kappa shape index (κ2) is 6.75. The summed E-state index contributed by atoms with van der Waals surface area (Å²) in [5, 5.41) is 22.1. The summed E-state index contributed by atoms with van der Waals surface area (Å²) in [6, 6.07) is 5.81. The minimum absolute atomic E-state index is 0.226. The van der Waals surface area contributed by atoms with Crippen molar-refractivity contribution in [3.8, 4) is 6.07 Å². The Hall–Kier alpha value is -3.08. The number of hydrogen-bond acceptors (Lipinski definition) is 4. The summed E-state index contributed by atoms with van der Waals surface area (Å²) in [4.78, 5) is 33.2. The highest BCUT2D eigenvalue weighted by molar-refractivity contribution is 5.94. The number of carboxylic acids is 1. The number of nitriles is 1. The zero-order valence-corrected chi connectivity index (χ0v) is 10.3. The van der Waals surface area contributed by atoms with E-state index in [0.717, 1.165) is 0 Å². The van der Waals surface area contributed by atoms with Gasteiger partial charge in [0.1, 0.15) is 12.1 Å². The third kappa shape index (κ3) is 4.30. The lowest BCUT2D eigenvalue weighted by atomic mass is 10.2. The van der Waals surface area contributed by atoms with E-state index in [9.17, 15) is 14.4 Å². The number of amides is 3. The molecule has 1 aromatic rings. The molecule has 1 rings (SSSR count). The molecule has 0 aromatic heterocycles. The van der Waals surface area contributed by atoms with Gasteiger partial charge in [0.25, 0.3) is 0 Å². The maximum Gasteiger partial charge on any atom is 0.326 e. The van der Waals surface area contributed by atoms with Crippen LogP contribution in [0.15, 0.2) is 24.3 Å². The molecule has 0 aliphatic rings. The molecule has 104 valence electrons. The Bertz CT molecular complexity index is 579. The third-order valence-electron chi connectivity index (χ3n) is 2.30. The van der Waals surface area contributed by atoms with Crippen molar-refractivity contribution in [3.05, 3.63) is 29.8 Å². The van der Waals surface area contributed by atoms with Gasteiger partial charge in [0.05, 0.1) is 17.7 Å². The number of nitrogens with zero attached hydrogens (tertiary/aromatic N) is 1. The summed E-state index contributed by atoms with van der Waals surface area (Å²) in [5.74, 6) is -2.23. The van der Waals surface area contributed by atoms with Gasteiger partial charge in [0.15, 0.2) is 0 Å². The molecule has 0 bridgehead atoms. The molecule has 0 spiro atoms.